The average molecular weight is 402 g/mol. The predicted molar refractivity (Wildman–Crippen MR) is 93.7 cm³/mol. The van der Waals surface area contributed by atoms with Crippen LogP contribution in [0.1, 0.15) is 18.9 Å². The molecular weight excluding hydrogens is 385 g/mol. The fourth-order valence-corrected chi connectivity index (χ4v) is 2.82. The number of nitrogens with one attached hydrogen (secondary N) is 1. The van der Waals surface area contributed by atoms with E-state index in [1.807, 2.05) is 30.3 Å². The van der Waals surface area contributed by atoms with Crippen LogP contribution in [0.15, 0.2) is 42.5 Å². The second-order valence-electron chi connectivity index (χ2n) is 4.47. The van der Waals surface area contributed by atoms with Crippen molar-refractivity contribution in [2.24, 2.45) is 0 Å². The number of rotatable bonds is 6. The van der Waals surface area contributed by atoms with Gasteiger partial charge in [-0.15, -0.1) is 0 Å². The molecule has 0 atom stereocenters. The lowest BCUT2D eigenvalue weighted by atomic mass is 10.2. The zero-order valence-corrected chi connectivity index (χ0v) is 14.2. The third kappa shape index (κ3) is 4.56. The maximum atomic E-state index is 5.95. The Morgan fingerprint density at radius 2 is 1.90 bits per heavy atom. The highest BCUT2D eigenvalue weighted by molar-refractivity contribution is 14.1. The zero-order valence-electron chi connectivity index (χ0n) is 11.3. The molecule has 0 aromatic heterocycles. The molecule has 0 aliphatic carbocycles. The van der Waals surface area contributed by atoms with Crippen LogP contribution in [-0.4, -0.2) is 6.61 Å². The zero-order chi connectivity index (χ0) is 14.4. The number of benzene rings is 2. The van der Waals surface area contributed by atoms with E-state index in [4.69, 9.17) is 16.3 Å². The molecule has 0 amide bonds. The molecule has 0 unspecified atom stereocenters. The highest BCUT2D eigenvalue weighted by Gasteiger charge is 2.01. The Morgan fingerprint density at radius 3 is 2.55 bits per heavy atom. The van der Waals surface area contributed by atoms with Crippen molar-refractivity contribution in [1.82, 2.24) is 0 Å². The van der Waals surface area contributed by atoms with E-state index in [0.717, 1.165) is 39.6 Å². The highest BCUT2D eigenvalue weighted by atomic mass is 127. The van der Waals surface area contributed by atoms with E-state index in [2.05, 4.69) is 47.0 Å². The number of hydrogen-bond donors (Lipinski definition) is 1. The van der Waals surface area contributed by atoms with Crippen molar-refractivity contribution < 1.29 is 4.74 Å². The van der Waals surface area contributed by atoms with E-state index in [1.165, 1.54) is 5.56 Å². The van der Waals surface area contributed by atoms with Gasteiger partial charge in [0.1, 0.15) is 5.75 Å². The first kappa shape index (κ1) is 15.4. The molecule has 0 radical (unpaired) electrons. The van der Waals surface area contributed by atoms with E-state index >= 15 is 0 Å². The monoisotopic (exact) mass is 401 g/mol. The largest absolute Gasteiger partial charge is 0.494 e. The third-order valence-corrected chi connectivity index (χ3v) is 3.94. The molecule has 0 aliphatic rings. The number of hydrogen-bond acceptors (Lipinski definition) is 2. The molecule has 0 fully saturated rings. The molecule has 4 heteroatoms. The summed E-state index contributed by atoms with van der Waals surface area (Å²) in [7, 11) is 0. The minimum atomic E-state index is 0.761. The molecule has 0 aliphatic heterocycles. The first-order chi connectivity index (χ1) is 9.69. The van der Waals surface area contributed by atoms with E-state index in [0.29, 0.717) is 0 Å². The van der Waals surface area contributed by atoms with E-state index in [9.17, 15) is 0 Å². The molecule has 2 nitrogen and oxygen atoms in total. The van der Waals surface area contributed by atoms with Crippen LogP contribution in [0.4, 0.5) is 5.69 Å². The van der Waals surface area contributed by atoms with Gasteiger partial charge in [0.05, 0.1) is 6.61 Å². The Bertz CT molecular complexity index is 557. The Labute approximate surface area is 138 Å². The van der Waals surface area contributed by atoms with Crippen LogP contribution >= 0.6 is 34.2 Å². The molecule has 1 N–H and O–H groups in total. The van der Waals surface area contributed by atoms with Gasteiger partial charge in [0, 0.05) is 20.8 Å². The van der Waals surface area contributed by atoms with Gasteiger partial charge in [0.15, 0.2) is 0 Å². The molecule has 0 saturated heterocycles. The first-order valence-electron chi connectivity index (χ1n) is 6.59. The van der Waals surface area contributed by atoms with Crippen LogP contribution < -0.4 is 10.1 Å². The Hall–Kier alpha value is -0.940. The van der Waals surface area contributed by atoms with Gasteiger partial charge in [-0.1, -0.05) is 30.7 Å². The first-order valence-corrected chi connectivity index (χ1v) is 8.05. The quantitative estimate of drug-likeness (QED) is 0.659. The number of ether oxygens (including phenoxy) is 1. The van der Waals surface area contributed by atoms with Crippen LogP contribution in [0.2, 0.25) is 5.02 Å². The summed E-state index contributed by atoms with van der Waals surface area (Å²) in [6.07, 6.45) is 1.03. The molecule has 0 bridgehead atoms. The van der Waals surface area contributed by atoms with Gasteiger partial charge < -0.3 is 10.1 Å². The molecular formula is C16H17ClINO. The molecule has 2 aromatic rings. The third-order valence-electron chi connectivity index (χ3n) is 2.81. The maximum Gasteiger partial charge on any atom is 0.119 e. The summed E-state index contributed by atoms with van der Waals surface area (Å²) in [5.74, 6) is 0.927. The molecule has 2 rings (SSSR count). The SMILES string of the molecule is CCCOc1ccc(CNc2ccc(Cl)cc2I)cc1. The van der Waals surface area contributed by atoms with Gasteiger partial charge in [-0.2, -0.15) is 0 Å². The summed E-state index contributed by atoms with van der Waals surface area (Å²) < 4.78 is 6.69. The van der Waals surface area contributed by atoms with E-state index in [-0.39, 0.29) is 0 Å². The molecule has 2 aromatic carbocycles. The molecule has 0 saturated carbocycles. The van der Waals surface area contributed by atoms with Gasteiger partial charge in [-0.25, -0.2) is 0 Å². The van der Waals surface area contributed by atoms with Crippen molar-refractivity contribution in [1.29, 1.82) is 0 Å². The van der Waals surface area contributed by atoms with Crippen LogP contribution in [0.3, 0.4) is 0 Å². The summed E-state index contributed by atoms with van der Waals surface area (Å²) in [6, 6.07) is 14.0. The van der Waals surface area contributed by atoms with Crippen LogP contribution in [0.25, 0.3) is 0 Å². The summed E-state index contributed by atoms with van der Waals surface area (Å²) in [5.41, 5.74) is 2.32. The standard InChI is InChI=1S/C16H17ClINO/c1-2-9-20-14-6-3-12(4-7-14)11-19-16-8-5-13(17)10-15(16)18/h3-8,10,19H,2,9,11H2,1H3. The van der Waals surface area contributed by atoms with Gasteiger partial charge in [-0.05, 0) is 64.9 Å². The smallest absolute Gasteiger partial charge is 0.119 e. The van der Waals surface area contributed by atoms with Gasteiger partial charge in [-0.3, -0.25) is 0 Å². The molecule has 20 heavy (non-hydrogen) atoms. The lowest BCUT2D eigenvalue weighted by Gasteiger charge is -2.10. The molecule has 0 heterocycles. The summed E-state index contributed by atoms with van der Waals surface area (Å²) in [4.78, 5) is 0. The lowest BCUT2D eigenvalue weighted by molar-refractivity contribution is 0.317. The van der Waals surface area contributed by atoms with Crippen LogP contribution in [0, 0.1) is 3.57 Å². The predicted octanol–water partition coefficient (Wildman–Crippen LogP) is 5.35. The minimum Gasteiger partial charge on any atom is -0.494 e. The van der Waals surface area contributed by atoms with Gasteiger partial charge in [0.25, 0.3) is 0 Å². The van der Waals surface area contributed by atoms with Gasteiger partial charge in [0.2, 0.25) is 0 Å². The summed E-state index contributed by atoms with van der Waals surface area (Å²) in [6.45, 7) is 3.65. The highest BCUT2D eigenvalue weighted by Crippen LogP contribution is 2.23. The van der Waals surface area contributed by atoms with Crippen molar-refractivity contribution in [3.63, 3.8) is 0 Å². The summed E-state index contributed by atoms with van der Waals surface area (Å²) >= 11 is 8.23. The Morgan fingerprint density at radius 1 is 1.15 bits per heavy atom. The molecule has 106 valence electrons. The van der Waals surface area contributed by atoms with Crippen molar-refractivity contribution in [2.75, 3.05) is 11.9 Å². The minimum absolute atomic E-state index is 0.761. The summed E-state index contributed by atoms with van der Waals surface area (Å²) in [5, 5.41) is 4.17. The fraction of sp³-hybridized carbons (Fsp3) is 0.250. The van der Waals surface area contributed by atoms with Crippen LogP contribution in [-0.2, 0) is 6.54 Å². The number of anilines is 1. The maximum absolute atomic E-state index is 5.95. The fourth-order valence-electron chi connectivity index (χ4n) is 1.75. The van der Waals surface area contributed by atoms with Crippen molar-refractivity contribution in [2.45, 2.75) is 19.9 Å². The lowest BCUT2D eigenvalue weighted by Crippen LogP contribution is -2.01. The van der Waals surface area contributed by atoms with E-state index in [1.54, 1.807) is 0 Å². The second kappa shape index (κ2) is 7.74. The van der Waals surface area contributed by atoms with E-state index < -0.39 is 0 Å². The number of halogens is 2. The average Bonchev–Trinajstić information content (AvgIpc) is 2.45. The van der Waals surface area contributed by atoms with Crippen molar-refractivity contribution in [3.8, 4) is 5.75 Å². The topological polar surface area (TPSA) is 21.3 Å². The second-order valence-corrected chi connectivity index (χ2v) is 6.07. The molecule has 0 spiro atoms. The Balaban J connectivity index is 1.93. The van der Waals surface area contributed by atoms with Crippen molar-refractivity contribution in [3.05, 3.63) is 56.6 Å². The van der Waals surface area contributed by atoms with Gasteiger partial charge >= 0.3 is 0 Å². The normalized spacial score (nSPS) is 10.3. The van der Waals surface area contributed by atoms with Crippen LogP contribution in [0.5, 0.6) is 5.75 Å². The Kier molecular flexibility index (Phi) is 5.98. The van der Waals surface area contributed by atoms with Crippen molar-refractivity contribution >= 4 is 39.9 Å².